The Morgan fingerprint density at radius 2 is 1.83 bits per heavy atom. The number of carbonyl (C=O) groups is 1. The maximum atomic E-state index is 11.8. The first-order valence-electron chi connectivity index (χ1n) is 11.0. The first kappa shape index (κ1) is 24.4. The quantitative estimate of drug-likeness (QED) is 0.335. The normalized spacial score (nSPS) is 24.0. The molecule has 1 unspecified atom stereocenters. The van der Waals surface area contributed by atoms with Crippen LogP contribution in [0.5, 0.6) is 0 Å². The van der Waals surface area contributed by atoms with E-state index in [2.05, 4.69) is 27.6 Å². The molecule has 1 saturated carbocycles. The van der Waals surface area contributed by atoms with Crippen LogP contribution in [0.2, 0.25) is 0 Å². The Labute approximate surface area is 172 Å². The molecule has 1 amide bonds. The predicted octanol–water partition coefficient (Wildman–Crippen LogP) is 3.81. The van der Waals surface area contributed by atoms with Gasteiger partial charge in [-0.05, 0) is 19.3 Å². The molecule has 5 nitrogen and oxygen atoms in total. The average molecular weight is 655 g/mol. The molecule has 29 heavy (non-hydrogen) atoms. The van der Waals surface area contributed by atoms with Crippen LogP contribution >= 0.6 is 0 Å². The van der Waals surface area contributed by atoms with Crippen molar-refractivity contribution in [3.05, 3.63) is 24.0 Å². The molecule has 0 N–H and O–H groups in total. The van der Waals surface area contributed by atoms with Crippen LogP contribution in [0.4, 0.5) is 0 Å². The van der Waals surface area contributed by atoms with E-state index in [9.17, 15) is 4.79 Å². The van der Waals surface area contributed by atoms with E-state index in [-0.39, 0.29) is 0 Å². The summed E-state index contributed by atoms with van der Waals surface area (Å²) in [6.45, 7) is 20.2. The van der Waals surface area contributed by atoms with Gasteiger partial charge in [0.25, 0.3) is 0 Å². The molecule has 0 bridgehead atoms. The van der Waals surface area contributed by atoms with Crippen LogP contribution < -0.4 is 0 Å². The van der Waals surface area contributed by atoms with E-state index in [4.69, 9.17) is 0 Å². The fraction of sp³-hybridized carbons (Fsp3) is 0.739. The predicted molar refractivity (Wildman–Crippen MR) is 117 cm³/mol. The zero-order valence-electron chi connectivity index (χ0n) is 19.3. The van der Waals surface area contributed by atoms with Crippen molar-refractivity contribution in [3.8, 4) is 0 Å². The van der Waals surface area contributed by atoms with Crippen molar-refractivity contribution in [2.45, 2.75) is 66.3 Å². The smallest absolute Gasteiger partial charge is 0.222 e. The Balaban J connectivity index is 0.00000136. The van der Waals surface area contributed by atoms with Gasteiger partial charge in [0.1, 0.15) is 0 Å². The molecule has 6 heteroatoms. The molecule has 3 aliphatic rings. The van der Waals surface area contributed by atoms with Gasteiger partial charge < -0.3 is 14.8 Å². The summed E-state index contributed by atoms with van der Waals surface area (Å²) < 4.78 is 0. The largest absolute Gasteiger partial charge is 0.390 e. The molecule has 0 radical (unpaired) electrons. The minimum absolute atomic E-state index is 0. The minimum atomic E-state index is 0. The number of rotatable bonds is 5. The summed E-state index contributed by atoms with van der Waals surface area (Å²) in [5.74, 6) is 0.317. The van der Waals surface area contributed by atoms with Gasteiger partial charge in [-0.3, -0.25) is 9.69 Å². The van der Waals surface area contributed by atoms with E-state index in [1.54, 1.807) is 0 Å². The second kappa shape index (κ2) is 10.8. The fourth-order valence-corrected chi connectivity index (χ4v) is 4.58. The number of piperazine rings is 1. The first-order chi connectivity index (χ1) is 13.5. The molecular weight excluding hydrogens is 615 g/mol. The van der Waals surface area contributed by atoms with Crippen LogP contribution in [-0.2, 0) is 4.79 Å². The Kier molecular flexibility index (Phi) is 9.09. The average Bonchev–Trinajstić information content (AvgIpc) is 3.17. The Morgan fingerprint density at radius 1 is 1.21 bits per heavy atom. The Hall–Kier alpha value is -2.62. The maximum absolute atomic E-state index is 11.8. The molecule has 0 aromatic rings. The van der Waals surface area contributed by atoms with Crippen molar-refractivity contribution in [1.29, 1.82) is 0 Å². The molecule has 2 heterocycles. The van der Waals surface area contributed by atoms with Crippen LogP contribution in [0.15, 0.2) is 29.0 Å². The van der Waals surface area contributed by atoms with Crippen LogP contribution in [0.3, 0.4) is 0 Å². The number of hydrogen-bond acceptors (Lipinski definition) is 4. The van der Waals surface area contributed by atoms with Crippen LogP contribution in [0.1, 0.15) is 60.3 Å². The standard InChI is InChI=1S/C21H33N4O.C2H6.Rf/c1-5-17(3)22-14-18(4)23-9-11-24(12-10-23)19-7-8-21(13-19)15-25(16-21)20(26)6-2;1-2;/h5,19H,4,6-13,15-16H2,1-3H3;1-2H3;/q-1;;/b17-5-;;. The van der Waals surface area contributed by atoms with Crippen molar-refractivity contribution in [3.63, 3.8) is 0 Å². The second-order valence-corrected chi connectivity index (χ2v) is 8.12. The maximum Gasteiger partial charge on any atom is 0.222 e. The van der Waals surface area contributed by atoms with E-state index >= 15 is 0 Å². The van der Waals surface area contributed by atoms with E-state index in [0.717, 1.165) is 50.7 Å². The van der Waals surface area contributed by atoms with E-state index < -0.39 is 0 Å². The molecule has 160 valence electrons. The minimum Gasteiger partial charge on any atom is -0.390 e. The van der Waals surface area contributed by atoms with Gasteiger partial charge >= 0.3 is 0 Å². The van der Waals surface area contributed by atoms with Gasteiger partial charge in [0.15, 0.2) is 0 Å². The zero-order valence-corrected chi connectivity index (χ0v) is 25.7. The second-order valence-electron chi connectivity index (χ2n) is 8.12. The van der Waals surface area contributed by atoms with Crippen molar-refractivity contribution in [2.75, 3.05) is 39.3 Å². The third kappa shape index (κ3) is 5.69. The Bertz CT molecular complexity index is 602. The fourth-order valence-electron chi connectivity index (χ4n) is 4.58. The summed E-state index contributed by atoms with van der Waals surface area (Å²) in [6.07, 6.45) is 9.51. The number of allylic oxidation sites excluding steroid dienone is 3. The van der Waals surface area contributed by atoms with Crippen molar-refractivity contribution in [1.82, 2.24) is 14.7 Å². The van der Waals surface area contributed by atoms with E-state index in [1.807, 2.05) is 45.6 Å². The zero-order chi connectivity index (χ0) is 20.7. The van der Waals surface area contributed by atoms with Gasteiger partial charge in [0.2, 0.25) is 5.91 Å². The monoisotopic (exact) mass is 654 g/mol. The number of hydrogen-bond donors (Lipinski definition) is 0. The van der Waals surface area contributed by atoms with E-state index in [1.165, 1.54) is 19.3 Å². The van der Waals surface area contributed by atoms with Gasteiger partial charge in [-0.1, -0.05) is 52.2 Å². The van der Waals surface area contributed by atoms with Gasteiger partial charge in [-0.25, -0.2) is 0 Å². The van der Waals surface area contributed by atoms with Gasteiger partial charge in [-0.2, -0.15) is 6.58 Å². The summed E-state index contributed by atoms with van der Waals surface area (Å²) in [5, 5.41) is 0. The number of likely N-dealkylation sites (tertiary alicyclic amines) is 1. The number of aliphatic imine (C=N–C) groups is 1. The summed E-state index contributed by atoms with van der Waals surface area (Å²) in [5.41, 5.74) is 2.28. The van der Waals surface area contributed by atoms with Crippen LogP contribution in [0, 0.1) is 5.41 Å². The van der Waals surface area contributed by atoms with Crippen LogP contribution in [-0.4, -0.2) is 72.1 Å². The topological polar surface area (TPSA) is 39.1 Å². The van der Waals surface area contributed by atoms with Gasteiger partial charge in [-0.15, -0.1) is 6.08 Å². The molecule has 2 saturated heterocycles. The van der Waals surface area contributed by atoms with Crippen molar-refractivity contribution >= 4 is 12.1 Å². The SMILES string of the molecule is C=C([C-]=N/C(C)=C\C)N1CCN(C2CCC3(C2)CN(C(=O)CC)C3)CC1.CC.[Rf]. The molecule has 3 fully saturated rings. The molecule has 0 aromatic heterocycles. The molecular formula is C23H39N4ORf-. The molecule has 3 rings (SSSR count). The third-order valence-electron chi connectivity index (χ3n) is 6.38. The molecule has 1 spiro atoms. The first-order valence-corrected chi connectivity index (χ1v) is 11.0. The van der Waals surface area contributed by atoms with Crippen molar-refractivity contribution in [2.24, 2.45) is 10.4 Å². The molecule has 1 atom stereocenters. The Morgan fingerprint density at radius 3 is 2.38 bits per heavy atom. The number of carbonyl (C=O) groups excluding carboxylic acids is 1. The molecule has 2 aliphatic heterocycles. The molecule has 0 aromatic carbocycles. The summed E-state index contributed by atoms with van der Waals surface area (Å²) in [7, 11) is 0. The van der Waals surface area contributed by atoms with Crippen molar-refractivity contribution < 1.29 is 4.79 Å². The summed E-state index contributed by atoms with van der Waals surface area (Å²) >= 11 is 0. The van der Waals surface area contributed by atoms with Crippen LogP contribution in [0.25, 0.3) is 0 Å². The van der Waals surface area contributed by atoms with E-state index in [0.29, 0.717) is 23.8 Å². The number of nitrogens with zero attached hydrogens (tertiary/aromatic N) is 4. The number of amides is 1. The van der Waals surface area contributed by atoms with Gasteiger partial charge in [0.05, 0.1) is 0 Å². The van der Waals surface area contributed by atoms with Gasteiger partial charge in [0, 0.05) is 57.1 Å². The molecule has 1 aliphatic carbocycles. The summed E-state index contributed by atoms with van der Waals surface area (Å²) in [4.78, 5) is 23.1. The summed E-state index contributed by atoms with van der Waals surface area (Å²) in [6, 6.07) is 0.687. The third-order valence-corrected chi connectivity index (χ3v) is 6.38.